The molecule has 0 fully saturated rings. The molecular formula is C24H22N4O4S2. The van der Waals surface area contributed by atoms with Crippen LogP contribution in [0.1, 0.15) is 0 Å². The number of nitrogens with one attached hydrogen (secondary N) is 1. The lowest BCUT2D eigenvalue weighted by Gasteiger charge is -2.26. The third-order valence-electron chi connectivity index (χ3n) is 5.13. The predicted octanol–water partition coefficient (Wildman–Crippen LogP) is 4.05. The molecule has 0 spiro atoms. The number of thioether (sulfide) groups is 1. The normalized spacial score (nSPS) is 14.6. The molecule has 3 heterocycles. The SMILES string of the molecule is COc1ccccc1-n1c(SCC(=O)NC[C@@H]2COc3ccccc3O2)nnc1-c1cccs1. The van der Waals surface area contributed by atoms with Gasteiger partial charge in [-0.15, -0.1) is 21.5 Å². The van der Waals surface area contributed by atoms with Crippen LogP contribution in [-0.2, 0) is 4.79 Å². The number of methoxy groups -OCH3 is 1. The van der Waals surface area contributed by atoms with E-state index >= 15 is 0 Å². The molecule has 1 amide bonds. The first-order valence-electron chi connectivity index (χ1n) is 10.6. The van der Waals surface area contributed by atoms with Crippen LogP contribution in [0.4, 0.5) is 0 Å². The first-order valence-corrected chi connectivity index (χ1v) is 12.5. The van der Waals surface area contributed by atoms with E-state index < -0.39 is 0 Å². The Balaban J connectivity index is 1.27. The number of nitrogens with zero attached hydrogens (tertiary/aromatic N) is 3. The number of amides is 1. The lowest BCUT2D eigenvalue weighted by atomic mass is 10.2. The molecule has 1 aliphatic heterocycles. The molecule has 0 unspecified atom stereocenters. The van der Waals surface area contributed by atoms with E-state index in [-0.39, 0.29) is 17.8 Å². The molecule has 1 aliphatic rings. The van der Waals surface area contributed by atoms with Crippen LogP contribution in [0.15, 0.2) is 71.2 Å². The number of fused-ring (bicyclic) bond motifs is 1. The van der Waals surface area contributed by atoms with E-state index in [4.69, 9.17) is 14.2 Å². The lowest BCUT2D eigenvalue weighted by molar-refractivity contribution is -0.119. The standard InChI is InChI=1S/C24H22N4O4S2/c1-30-18-8-3-2-7-17(18)28-23(21-11-6-12-33-21)26-27-24(28)34-15-22(29)25-13-16-14-31-19-9-4-5-10-20(19)32-16/h2-12,16H,13-15H2,1H3,(H,25,29)/t16-/m1/s1. The van der Waals surface area contributed by atoms with Gasteiger partial charge in [0.05, 0.1) is 30.0 Å². The molecule has 1 N–H and O–H groups in total. The van der Waals surface area contributed by atoms with Crippen molar-refractivity contribution in [3.63, 3.8) is 0 Å². The zero-order valence-electron chi connectivity index (χ0n) is 18.3. The second-order valence-corrected chi connectivity index (χ2v) is 9.27. The number of carbonyl (C=O) groups excluding carboxylic acids is 1. The molecule has 0 radical (unpaired) electrons. The minimum atomic E-state index is -0.244. The average Bonchev–Trinajstić information content (AvgIpc) is 3.56. The molecule has 4 aromatic rings. The van der Waals surface area contributed by atoms with Crippen LogP contribution in [0.3, 0.4) is 0 Å². The van der Waals surface area contributed by atoms with Gasteiger partial charge in [0.25, 0.3) is 0 Å². The van der Waals surface area contributed by atoms with Crippen molar-refractivity contribution in [1.29, 1.82) is 0 Å². The Hall–Kier alpha value is -3.50. The zero-order valence-corrected chi connectivity index (χ0v) is 20.0. The maximum atomic E-state index is 12.6. The molecule has 0 saturated carbocycles. The minimum absolute atomic E-state index is 0.125. The zero-order chi connectivity index (χ0) is 23.3. The van der Waals surface area contributed by atoms with E-state index in [1.54, 1.807) is 18.4 Å². The fraction of sp³-hybridized carbons (Fsp3) is 0.208. The summed E-state index contributed by atoms with van der Waals surface area (Å²) >= 11 is 2.89. The van der Waals surface area contributed by atoms with Gasteiger partial charge < -0.3 is 19.5 Å². The molecule has 34 heavy (non-hydrogen) atoms. The summed E-state index contributed by atoms with van der Waals surface area (Å²) in [4.78, 5) is 13.6. The Bertz CT molecular complexity index is 1280. The van der Waals surface area contributed by atoms with Crippen molar-refractivity contribution in [2.45, 2.75) is 11.3 Å². The van der Waals surface area contributed by atoms with E-state index in [1.165, 1.54) is 11.8 Å². The van der Waals surface area contributed by atoms with Gasteiger partial charge in [-0.3, -0.25) is 9.36 Å². The molecule has 2 aromatic carbocycles. The molecule has 1 atom stereocenters. The number of thiophene rings is 1. The highest BCUT2D eigenvalue weighted by Gasteiger charge is 2.23. The molecule has 5 rings (SSSR count). The number of para-hydroxylation sites is 4. The second kappa shape index (κ2) is 10.2. The summed E-state index contributed by atoms with van der Waals surface area (Å²) in [6.45, 7) is 0.740. The number of rotatable bonds is 8. The summed E-state index contributed by atoms with van der Waals surface area (Å²) in [5, 5.41) is 14.3. The molecule has 10 heteroatoms. The molecule has 8 nitrogen and oxygen atoms in total. The molecule has 0 aliphatic carbocycles. The maximum Gasteiger partial charge on any atom is 0.230 e. The highest BCUT2D eigenvalue weighted by molar-refractivity contribution is 7.99. The molecule has 0 bridgehead atoms. The number of carbonyl (C=O) groups is 1. The predicted molar refractivity (Wildman–Crippen MR) is 131 cm³/mol. The summed E-state index contributed by atoms with van der Waals surface area (Å²) in [6, 6.07) is 19.1. The van der Waals surface area contributed by atoms with Crippen LogP contribution < -0.4 is 19.5 Å². The van der Waals surface area contributed by atoms with Crippen molar-refractivity contribution in [3.8, 4) is 33.6 Å². The third kappa shape index (κ3) is 4.73. The van der Waals surface area contributed by atoms with Crippen LogP contribution in [0.25, 0.3) is 16.4 Å². The van der Waals surface area contributed by atoms with Crippen molar-refractivity contribution >= 4 is 29.0 Å². The van der Waals surface area contributed by atoms with Crippen molar-refractivity contribution in [1.82, 2.24) is 20.1 Å². The molecule has 2 aromatic heterocycles. The molecule has 174 valence electrons. The Kier molecular flexibility index (Phi) is 6.68. The van der Waals surface area contributed by atoms with Gasteiger partial charge in [-0.25, -0.2) is 0 Å². The fourth-order valence-corrected chi connectivity index (χ4v) is 5.01. The maximum absolute atomic E-state index is 12.6. The van der Waals surface area contributed by atoms with Crippen LogP contribution in [0.2, 0.25) is 0 Å². The van der Waals surface area contributed by atoms with Gasteiger partial charge in [0, 0.05) is 0 Å². The number of hydrogen-bond acceptors (Lipinski definition) is 8. The van der Waals surface area contributed by atoms with Crippen molar-refractivity contribution in [3.05, 3.63) is 66.0 Å². The van der Waals surface area contributed by atoms with E-state index in [0.717, 1.165) is 16.3 Å². The first-order chi connectivity index (χ1) is 16.7. The summed E-state index contributed by atoms with van der Waals surface area (Å²) < 4.78 is 19.1. The number of ether oxygens (including phenoxy) is 3. The number of aromatic nitrogens is 3. The van der Waals surface area contributed by atoms with Crippen LogP contribution in [0, 0.1) is 0 Å². The highest BCUT2D eigenvalue weighted by atomic mass is 32.2. The van der Waals surface area contributed by atoms with Gasteiger partial charge in [-0.1, -0.05) is 42.1 Å². The van der Waals surface area contributed by atoms with Gasteiger partial charge in [0.15, 0.2) is 22.5 Å². The van der Waals surface area contributed by atoms with Gasteiger partial charge in [0.2, 0.25) is 5.91 Å². The summed E-state index contributed by atoms with van der Waals surface area (Å²) in [7, 11) is 1.63. The first kappa shape index (κ1) is 22.3. The van der Waals surface area contributed by atoms with Gasteiger partial charge in [0.1, 0.15) is 18.5 Å². The van der Waals surface area contributed by atoms with E-state index in [0.29, 0.717) is 35.6 Å². The average molecular weight is 495 g/mol. The fourth-order valence-electron chi connectivity index (χ4n) is 3.53. The van der Waals surface area contributed by atoms with Gasteiger partial charge in [-0.2, -0.15) is 0 Å². The topological polar surface area (TPSA) is 87.5 Å². The van der Waals surface area contributed by atoms with Crippen LogP contribution in [-0.4, -0.2) is 52.8 Å². The van der Waals surface area contributed by atoms with Crippen LogP contribution in [0.5, 0.6) is 17.2 Å². The van der Waals surface area contributed by atoms with Gasteiger partial charge in [-0.05, 0) is 35.7 Å². The van der Waals surface area contributed by atoms with Crippen molar-refractivity contribution < 1.29 is 19.0 Å². The van der Waals surface area contributed by atoms with Gasteiger partial charge >= 0.3 is 0 Å². The van der Waals surface area contributed by atoms with Crippen molar-refractivity contribution in [2.75, 3.05) is 26.0 Å². The Morgan fingerprint density at radius 2 is 1.97 bits per heavy atom. The summed E-state index contributed by atoms with van der Waals surface area (Å²) in [6.07, 6.45) is -0.244. The summed E-state index contributed by atoms with van der Waals surface area (Å²) in [5.74, 6) is 2.86. The van der Waals surface area contributed by atoms with Crippen LogP contribution >= 0.6 is 23.1 Å². The van der Waals surface area contributed by atoms with Crippen molar-refractivity contribution in [2.24, 2.45) is 0 Å². The minimum Gasteiger partial charge on any atom is -0.495 e. The third-order valence-corrected chi connectivity index (χ3v) is 6.92. The Morgan fingerprint density at radius 3 is 2.79 bits per heavy atom. The number of hydrogen-bond donors (Lipinski definition) is 1. The molecular weight excluding hydrogens is 472 g/mol. The van der Waals surface area contributed by atoms with E-state index in [2.05, 4.69) is 15.5 Å². The number of benzene rings is 2. The monoisotopic (exact) mass is 494 g/mol. The lowest BCUT2D eigenvalue weighted by Crippen LogP contribution is -2.41. The quantitative estimate of drug-likeness (QED) is 0.370. The molecule has 0 saturated heterocycles. The van der Waals surface area contributed by atoms with E-state index in [9.17, 15) is 4.79 Å². The largest absolute Gasteiger partial charge is 0.495 e. The Morgan fingerprint density at radius 1 is 1.15 bits per heavy atom. The highest BCUT2D eigenvalue weighted by Crippen LogP contribution is 2.34. The second-order valence-electron chi connectivity index (χ2n) is 7.38. The Labute approximate surface area is 204 Å². The van der Waals surface area contributed by atoms with E-state index in [1.807, 2.05) is 70.6 Å². The smallest absolute Gasteiger partial charge is 0.230 e. The summed E-state index contributed by atoms with van der Waals surface area (Å²) in [5.41, 5.74) is 0.813.